The molecule has 9 heteroatoms. The molecule has 4 atom stereocenters. The summed E-state index contributed by atoms with van der Waals surface area (Å²) in [5.41, 5.74) is 5.42. The average Bonchev–Trinajstić information content (AvgIpc) is 3.09. The standard InChI is InChI=1S/C22H28F3N5O/c1-12(2)21-28-18(13-7-17(22(23,24)25)20(26)27-10-13)11-30(21)19-15-8-14(9-16(15)19)29-3-5-31-6-4-29/h7,10-12,14-16,19H,3-6,8-9H2,1-2H3,(H2,26,27)/t14-,15-,16+,19+. The van der Waals surface area contributed by atoms with Crippen molar-refractivity contribution in [2.75, 3.05) is 32.0 Å². The zero-order chi connectivity index (χ0) is 21.9. The first-order valence-electron chi connectivity index (χ1n) is 11.0. The second-order valence-electron chi connectivity index (χ2n) is 9.29. The van der Waals surface area contributed by atoms with Crippen LogP contribution in [0.5, 0.6) is 0 Å². The van der Waals surface area contributed by atoms with Crippen LogP contribution in [0.1, 0.15) is 50.0 Å². The minimum absolute atomic E-state index is 0.175. The highest BCUT2D eigenvalue weighted by Gasteiger charge is 2.58. The van der Waals surface area contributed by atoms with E-state index in [1.165, 1.54) is 19.0 Å². The third-order valence-electron chi connectivity index (χ3n) is 7.06. The van der Waals surface area contributed by atoms with Crippen LogP contribution in [0.15, 0.2) is 18.5 Å². The van der Waals surface area contributed by atoms with Crippen molar-refractivity contribution in [1.82, 2.24) is 19.4 Å². The minimum atomic E-state index is -4.54. The SMILES string of the molecule is CC(C)c1nc(-c2cnc(N)c(C(F)(F)F)c2)cn1[C@H]1[C@@H]2C[C@@H](N3CCOCC3)C[C@@H]21. The smallest absolute Gasteiger partial charge is 0.383 e. The van der Waals surface area contributed by atoms with Crippen molar-refractivity contribution in [3.63, 3.8) is 0 Å². The summed E-state index contributed by atoms with van der Waals surface area (Å²) in [5.74, 6) is 1.81. The highest BCUT2D eigenvalue weighted by Crippen LogP contribution is 2.62. The maximum atomic E-state index is 13.3. The number of nitrogens with zero attached hydrogens (tertiary/aromatic N) is 4. The van der Waals surface area contributed by atoms with Crippen LogP contribution in [0, 0.1) is 11.8 Å². The monoisotopic (exact) mass is 435 g/mol. The molecule has 3 aliphatic rings. The molecular weight excluding hydrogens is 407 g/mol. The summed E-state index contributed by atoms with van der Waals surface area (Å²) in [7, 11) is 0. The largest absolute Gasteiger partial charge is 0.419 e. The Morgan fingerprint density at radius 2 is 1.84 bits per heavy atom. The minimum Gasteiger partial charge on any atom is -0.383 e. The number of hydrogen-bond acceptors (Lipinski definition) is 5. The molecule has 1 aliphatic heterocycles. The third kappa shape index (κ3) is 3.71. The molecule has 1 saturated heterocycles. The summed E-state index contributed by atoms with van der Waals surface area (Å²) in [6.45, 7) is 7.78. The van der Waals surface area contributed by atoms with E-state index in [9.17, 15) is 13.2 Å². The second kappa shape index (κ2) is 7.48. The van der Waals surface area contributed by atoms with Gasteiger partial charge in [-0.2, -0.15) is 13.2 Å². The summed E-state index contributed by atoms with van der Waals surface area (Å²) in [6.07, 6.45) is 1.08. The lowest BCUT2D eigenvalue weighted by Crippen LogP contribution is -2.43. The number of morpholine rings is 1. The topological polar surface area (TPSA) is 69.2 Å². The Kier molecular flexibility index (Phi) is 5.01. The predicted molar refractivity (Wildman–Crippen MR) is 110 cm³/mol. The average molecular weight is 435 g/mol. The Morgan fingerprint density at radius 1 is 1.16 bits per heavy atom. The highest BCUT2D eigenvalue weighted by atomic mass is 19.4. The van der Waals surface area contributed by atoms with E-state index in [-0.39, 0.29) is 5.92 Å². The lowest BCUT2D eigenvalue weighted by molar-refractivity contribution is -0.137. The number of pyridine rings is 1. The number of rotatable bonds is 4. The van der Waals surface area contributed by atoms with Crippen molar-refractivity contribution in [1.29, 1.82) is 0 Å². The van der Waals surface area contributed by atoms with Gasteiger partial charge in [0.2, 0.25) is 0 Å². The van der Waals surface area contributed by atoms with Crippen LogP contribution in [-0.4, -0.2) is 51.8 Å². The molecule has 0 bridgehead atoms. The van der Waals surface area contributed by atoms with Crippen molar-refractivity contribution in [2.24, 2.45) is 11.8 Å². The molecule has 3 fully saturated rings. The van der Waals surface area contributed by atoms with E-state index in [1.807, 2.05) is 6.20 Å². The lowest BCUT2D eigenvalue weighted by atomic mass is 10.1. The van der Waals surface area contributed by atoms with Gasteiger partial charge < -0.3 is 15.0 Å². The summed E-state index contributed by atoms with van der Waals surface area (Å²) in [6, 6.07) is 2.07. The number of ether oxygens (including phenoxy) is 1. The van der Waals surface area contributed by atoms with Gasteiger partial charge in [0, 0.05) is 49.0 Å². The van der Waals surface area contributed by atoms with Crippen LogP contribution in [0.25, 0.3) is 11.3 Å². The fraction of sp³-hybridized carbons (Fsp3) is 0.636. The molecular formula is C22H28F3N5O. The first kappa shape index (κ1) is 20.8. The molecule has 31 heavy (non-hydrogen) atoms. The second-order valence-corrected chi connectivity index (χ2v) is 9.29. The molecule has 0 aromatic carbocycles. The number of nitrogens with two attached hydrogens (primary N) is 1. The maximum absolute atomic E-state index is 13.3. The van der Waals surface area contributed by atoms with Gasteiger partial charge in [-0.1, -0.05) is 13.8 Å². The predicted octanol–water partition coefficient (Wildman–Crippen LogP) is 3.95. The number of aromatic nitrogens is 3. The van der Waals surface area contributed by atoms with Crippen molar-refractivity contribution in [3.8, 4) is 11.3 Å². The number of hydrogen-bond donors (Lipinski definition) is 1. The van der Waals surface area contributed by atoms with Gasteiger partial charge in [-0.25, -0.2) is 9.97 Å². The molecule has 0 spiro atoms. The Bertz CT molecular complexity index is 955. The number of nitrogen functional groups attached to an aromatic ring is 1. The molecule has 0 amide bonds. The molecule has 168 valence electrons. The van der Waals surface area contributed by atoms with Crippen LogP contribution >= 0.6 is 0 Å². The van der Waals surface area contributed by atoms with E-state index in [0.29, 0.717) is 35.2 Å². The molecule has 2 saturated carbocycles. The molecule has 6 nitrogen and oxygen atoms in total. The van der Waals surface area contributed by atoms with Gasteiger partial charge >= 0.3 is 6.18 Å². The fourth-order valence-electron chi connectivity index (χ4n) is 5.49. The quantitative estimate of drug-likeness (QED) is 0.788. The van der Waals surface area contributed by atoms with Gasteiger partial charge in [0.05, 0.1) is 24.5 Å². The molecule has 3 heterocycles. The van der Waals surface area contributed by atoms with E-state index in [0.717, 1.165) is 38.2 Å². The third-order valence-corrected chi connectivity index (χ3v) is 7.06. The summed E-state index contributed by atoms with van der Waals surface area (Å²) < 4.78 is 47.5. The summed E-state index contributed by atoms with van der Waals surface area (Å²) in [4.78, 5) is 11.0. The lowest BCUT2D eigenvalue weighted by Gasteiger charge is -2.33. The number of halogens is 3. The molecule has 2 aliphatic carbocycles. The Hall–Kier alpha value is -2.13. The van der Waals surface area contributed by atoms with Crippen LogP contribution in [0.3, 0.4) is 0 Å². The van der Waals surface area contributed by atoms with Crippen molar-refractivity contribution >= 4 is 5.82 Å². The molecule has 2 N–H and O–H groups in total. The van der Waals surface area contributed by atoms with Crippen molar-refractivity contribution < 1.29 is 17.9 Å². The Balaban J connectivity index is 1.39. The van der Waals surface area contributed by atoms with E-state index in [4.69, 9.17) is 15.5 Å². The maximum Gasteiger partial charge on any atom is 0.419 e. The fourth-order valence-corrected chi connectivity index (χ4v) is 5.49. The van der Waals surface area contributed by atoms with Gasteiger partial charge in [-0.3, -0.25) is 4.90 Å². The van der Waals surface area contributed by atoms with Gasteiger partial charge in [-0.15, -0.1) is 0 Å². The van der Waals surface area contributed by atoms with E-state index >= 15 is 0 Å². The number of anilines is 1. The first-order chi connectivity index (χ1) is 14.7. The number of alkyl halides is 3. The van der Waals surface area contributed by atoms with Crippen LogP contribution in [-0.2, 0) is 10.9 Å². The molecule has 0 radical (unpaired) electrons. The molecule has 5 rings (SSSR count). The van der Waals surface area contributed by atoms with E-state index in [1.54, 1.807) is 0 Å². The molecule has 0 unspecified atom stereocenters. The summed E-state index contributed by atoms with van der Waals surface area (Å²) in [5, 5.41) is 0. The van der Waals surface area contributed by atoms with Crippen molar-refractivity contribution in [2.45, 2.75) is 50.9 Å². The zero-order valence-corrected chi connectivity index (χ0v) is 17.8. The van der Waals surface area contributed by atoms with Gasteiger partial charge in [-0.05, 0) is 30.7 Å². The van der Waals surface area contributed by atoms with Crippen molar-refractivity contribution in [3.05, 3.63) is 29.8 Å². The molecule has 2 aromatic rings. The van der Waals surface area contributed by atoms with Gasteiger partial charge in [0.1, 0.15) is 11.6 Å². The zero-order valence-electron chi connectivity index (χ0n) is 17.8. The van der Waals surface area contributed by atoms with Crippen LogP contribution < -0.4 is 5.73 Å². The van der Waals surface area contributed by atoms with Gasteiger partial charge in [0.15, 0.2) is 0 Å². The Morgan fingerprint density at radius 3 is 2.45 bits per heavy atom. The van der Waals surface area contributed by atoms with Crippen LogP contribution in [0.4, 0.5) is 19.0 Å². The number of imidazole rings is 1. The van der Waals surface area contributed by atoms with Crippen LogP contribution in [0.2, 0.25) is 0 Å². The van der Waals surface area contributed by atoms with E-state index < -0.39 is 17.6 Å². The highest BCUT2D eigenvalue weighted by molar-refractivity contribution is 5.62. The Labute approximate surface area is 179 Å². The summed E-state index contributed by atoms with van der Waals surface area (Å²) >= 11 is 0. The molecule has 2 aromatic heterocycles. The number of fused-ring (bicyclic) bond motifs is 1. The normalized spacial score (nSPS) is 28.8. The van der Waals surface area contributed by atoms with E-state index in [2.05, 4.69) is 28.3 Å². The first-order valence-corrected chi connectivity index (χ1v) is 11.0. The van der Waals surface area contributed by atoms with Gasteiger partial charge in [0.25, 0.3) is 0 Å².